The largest absolute Gasteiger partial charge is 0.496 e. The van der Waals surface area contributed by atoms with Crippen molar-refractivity contribution in [2.45, 2.75) is 6.04 Å². The SMILES string of the molecule is COc1ccccc1C(=O)N1CCN(c2ccc(Cl)cc2Cl)C(c2ccccc2)C1. The van der Waals surface area contributed by atoms with Gasteiger partial charge in [0, 0.05) is 24.7 Å². The highest BCUT2D eigenvalue weighted by molar-refractivity contribution is 6.36. The molecule has 0 aliphatic carbocycles. The van der Waals surface area contributed by atoms with Crippen LogP contribution in [0, 0.1) is 0 Å². The number of methoxy groups -OCH3 is 1. The first-order chi connectivity index (χ1) is 14.6. The Labute approximate surface area is 186 Å². The Balaban J connectivity index is 1.67. The average Bonchev–Trinajstić information content (AvgIpc) is 2.79. The molecular weight excluding hydrogens is 419 g/mol. The summed E-state index contributed by atoms with van der Waals surface area (Å²) in [6, 6.07) is 23.0. The molecule has 0 spiro atoms. The van der Waals surface area contributed by atoms with E-state index in [0.29, 0.717) is 41.0 Å². The van der Waals surface area contributed by atoms with E-state index in [4.69, 9.17) is 27.9 Å². The predicted octanol–water partition coefficient (Wildman–Crippen LogP) is 5.71. The first-order valence-corrected chi connectivity index (χ1v) is 10.5. The molecule has 3 aromatic carbocycles. The number of carbonyl (C=O) groups is 1. The zero-order chi connectivity index (χ0) is 21.1. The van der Waals surface area contributed by atoms with Crippen LogP contribution < -0.4 is 9.64 Å². The van der Waals surface area contributed by atoms with Crippen molar-refractivity contribution < 1.29 is 9.53 Å². The minimum Gasteiger partial charge on any atom is -0.496 e. The molecule has 154 valence electrons. The Bertz CT molecular complexity index is 1040. The van der Waals surface area contributed by atoms with E-state index in [2.05, 4.69) is 17.0 Å². The van der Waals surface area contributed by atoms with Gasteiger partial charge in [0.2, 0.25) is 0 Å². The summed E-state index contributed by atoms with van der Waals surface area (Å²) in [4.78, 5) is 17.4. The van der Waals surface area contributed by atoms with Gasteiger partial charge in [0.25, 0.3) is 5.91 Å². The summed E-state index contributed by atoms with van der Waals surface area (Å²) in [7, 11) is 1.58. The van der Waals surface area contributed by atoms with Crippen molar-refractivity contribution in [2.24, 2.45) is 0 Å². The smallest absolute Gasteiger partial charge is 0.257 e. The first kappa shape index (κ1) is 20.6. The summed E-state index contributed by atoms with van der Waals surface area (Å²) >= 11 is 12.6. The van der Waals surface area contributed by atoms with Crippen molar-refractivity contribution in [3.8, 4) is 5.75 Å². The molecule has 6 heteroatoms. The van der Waals surface area contributed by atoms with E-state index in [1.807, 2.05) is 53.4 Å². The minimum atomic E-state index is -0.0322. The van der Waals surface area contributed by atoms with Gasteiger partial charge in [-0.2, -0.15) is 0 Å². The molecule has 0 radical (unpaired) electrons. The van der Waals surface area contributed by atoms with Crippen LogP contribution in [0.25, 0.3) is 0 Å². The van der Waals surface area contributed by atoms with Crippen LogP contribution in [-0.2, 0) is 0 Å². The number of anilines is 1. The van der Waals surface area contributed by atoms with Gasteiger partial charge in [-0.1, -0.05) is 65.7 Å². The third-order valence-corrected chi connectivity index (χ3v) is 5.95. The van der Waals surface area contributed by atoms with Crippen molar-refractivity contribution in [3.05, 3.63) is 94.0 Å². The second-order valence-electron chi connectivity index (χ2n) is 7.17. The van der Waals surface area contributed by atoms with Crippen molar-refractivity contribution in [2.75, 3.05) is 31.6 Å². The highest BCUT2D eigenvalue weighted by Gasteiger charge is 2.32. The van der Waals surface area contributed by atoms with E-state index in [1.54, 1.807) is 19.2 Å². The van der Waals surface area contributed by atoms with Crippen molar-refractivity contribution >= 4 is 34.8 Å². The van der Waals surface area contributed by atoms with Gasteiger partial charge in [-0.25, -0.2) is 0 Å². The third kappa shape index (κ3) is 4.11. The summed E-state index contributed by atoms with van der Waals surface area (Å²) in [5.41, 5.74) is 2.62. The van der Waals surface area contributed by atoms with Gasteiger partial charge in [-0.3, -0.25) is 4.79 Å². The molecular formula is C24H22Cl2N2O2. The molecule has 0 saturated carbocycles. The van der Waals surface area contributed by atoms with E-state index < -0.39 is 0 Å². The van der Waals surface area contributed by atoms with Crippen molar-refractivity contribution in [1.29, 1.82) is 0 Å². The number of para-hydroxylation sites is 1. The van der Waals surface area contributed by atoms with E-state index in [0.717, 1.165) is 11.3 Å². The fourth-order valence-corrected chi connectivity index (χ4v) is 4.44. The van der Waals surface area contributed by atoms with Crippen LogP contribution >= 0.6 is 23.2 Å². The van der Waals surface area contributed by atoms with Crippen molar-refractivity contribution in [1.82, 2.24) is 4.90 Å². The van der Waals surface area contributed by atoms with E-state index in [1.165, 1.54) is 0 Å². The van der Waals surface area contributed by atoms with E-state index in [9.17, 15) is 4.79 Å². The number of benzene rings is 3. The number of amides is 1. The molecule has 4 rings (SSSR count). The first-order valence-electron chi connectivity index (χ1n) is 9.77. The van der Waals surface area contributed by atoms with Gasteiger partial charge in [-0.05, 0) is 35.9 Å². The molecule has 1 aliphatic rings. The number of hydrogen-bond acceptors (Lipinski definition) is 3. The molecule has 4 nitrogen and oxygen atoms in total. The molecule has 1 atom stereocenters. The highest BCUT2D eigenvalue weighted by Crippen LogP contribution is 2.37. The molecule has 1 unspecified atom stereocenters. The quantitative estimate of drug-likeness (QED) is 0.520. The molecule has 1 saturated heterocycles. The summed E-state index contributed by atoms with van der Waals surface area (Å²) in [5.74, 6) is 0.553. The maximum atomic E-state index is 13.3. The van der Waals surface area contributed by atoms with Gasteiger partial charge in [0.1, 0.15) is 5.75 Å². The Morgan fingerprint density at radius 1 is 0.967 bits per heavy atom. The third-order valence-electron chi connectivity index (χ3n) is 5.41. The van der Waals surface area contributed by atoms with Gasteiger partial charge in [0.15, 0.2) is 0 Å². The zero-order valence-electron chi connectivity index (χ0n) is 16.6. The summed E-state index contributed by atoms with van der Waals surface area (Å²) in [6.07, 6.45) is 0. The number of halogens is 2. The lowest BCUT2D eigenvalue weighted by Gasteiger charge is -2.43. The number of rotatable bonds is 4. The summed E-state index contributed by atoms with van der Waals surface area (Å²) in [6.45, 7) is 1.78. The van der Waals surface area contributed by atoms with Crippen LogP contribution in [0.15, 0.2) is 72.8 Å². The number of ether oxygens (including phenoxy) is 1. The second-order valence-corrected chi connectivity index (χ2v) is 8.01. The fraction of sp³-hybridized carbons (Fsp3) is 0.208. The average molecular weight is 441 g/mol. The number of piperazine rings is 1. The molecule has 0 aromatic heterocycles. The van der Waals surface area contributed by atoms with Crippen LogP contribution in [0.3, 0.4) is 0 Å². The summed E-state index contributed by atoms with van der Waals surface area (Å²) in [5, 5.41) is 1.21. The minimum absolute atomic E-state index is 0.0303. The lowest BCUT2D eigenvalue weighted by Crippen LogP contribution is -2.50. The molecule has 3 aromatic rings. The fourth-order valence-electron chi connectivity index (χ4n) is 3.92. The molecule has 1 aliphatic heterocycles. The highest BCUT2D eigenvalue weighted by atomic mass is 35.5. The van der Waals surface area contributed by atoms with Crippen LogP contribution in [0.4, 0.5) is 5.69 Å². The van der Waals surface area contributed by atoms with Crippen LogP contribution in [-0.4, -0.2) is 37.6 Å². The van der Waals surface area contributed by atoms with Crippen LogP contribution in [0.1, 0.15) is 22.0 Å². The topological polar surface area (TPSA) is 32.8 Å². The standard InChI is InChI=1S/C24H22Cl2N2O2/c1-30-23-10-6-5-9-19(23)24(29)27-13-14-28(21-12-11-18(25)15-20(21)26)22(16-27)17-7-3-2-4-8-17/h2-12,15,22H,13-14,16H2,1H3. The molecule has 1 fully saturated rings. The number of hydrogen-bond donors (Lipinski definition) is 0. The van der Waals surface area contributed by atoms with Crippen molar-refractivity contribution in [3.63, 3.8) is 0 Å². The molecule has 30 heavy (non-hydrogen) atoms. The zero-order valence-corrected chi connectivity index (χ0v) is 18.1. The molecule has 0 bridgehead atoms. The van der Waals surface area contributed by atoms with E-state index >= 15 is 0 Å². The Kier molecular flexibility index (Phi) is 6.16. The predicted molar refractivity (Wildman–Crippen MR) is 122 cm³/mol. The molecule has 1 amide bonds. The maximum Gasteiger partial charge on any atom is 0.257 e. The summed E-state index contributed by atoms with van der Waals surface area (Å²) < 4.78 is 5.40. The van der Waals surface area contributed by atoms with Gasteiger partial charge >= 0.3 is 0 Å². The van der Waals surface area contributed by atoms with Gasteiger partial charge < -0.3 is 14.5 Å². The molecule has 1 heterocycles. The lowest BCUT2D eigenvalue weighted by molar-refractivity contribution is 0.0718. The monoisotopic (exact) mass is 440 g/mol. The maximum absolute atomic E-state index is 13.3. The van der Waals surface area contributed by atoms with Crippen LogP contribution in [0.5, 0.6) is 5.75 Å². The lowest BCUT2D eigenvalue weighted by atomic mass is 10.0. The normalized spacial score (nSPS) is 16.4. The van der Waals surface area contributed by atoms with Crippen LogP contribution in [0.2, 0.25) is 10.0 Å². The number of nitrogens with zero attached hydrogens (tertiary/aromatic N) is 2. The Hall–Kier alpha value is -2.69. The van der Waals surface area contributed by atoms with E-state index in [-0.39, 0.29) is 11.9 Å². The van der Waals surface area contributed by atoms with Gasteiger partial charge in [0.05, 0.1) is 29.4 Å². The second kappa shape index (κ2) is 8.99. The Morgan fingerprint density at radius 3 is 2.43 bits per heavy atom. The van der Waals surface area contributed by atoms with Gasteiger partial charge in [-0.15, -0.1) is 0 Å². The molecule has 0 N–H and O–H groups in total. The Morgan fingerprint density at radius 2 is 1.70 bits per heavy atom. The number of carbonyl (C=O) groups excluding carboxylic acids is 1.